The summed E-state index contributed by atoms with van der Waals surface area (Å²) in [6, 6.07) is 6.20. The van der Waals surface area contributed by atoms with Gasteiger partial charge in [-0.25, -0.2) is 0 Å². The fourth-order valence-corrected chi connectivity index (χ4v) is 2.04. The highest BCUT2D eigenvalue weighted by molar-refractivity contribution is 5.94. The molecule has 0 saturated carbocycles. The first-order valence-electron chi connectivity index (χ1n) is 6.16. The lowest BCUT2D eigenvalue weighted by Crippen LogP contribution is -2.24. The van der Waals surface area contributed by atoms with Crippen LogP contribution in [-0.4, -0.2) is 12.5 Å². The molecule has 1 amide bonds. The van der Waals surface area contributed by atoms with Crippen molar-refractivity contribution in [1.82, 2.24) is 0 Å². The van der Waals surface area contributed by atoms with Gasteiger partial charge in [-0.2, -0.15) is 8.78 Å². The molecule has 19 heavy (non-hydrogen) atoms. The monoisotopic (exact) mass is 267 g/mol. The van der Waals surface area contributed by atoms with Crippen molar-refractivity contribution in [3.63, 3.8) is 0 Å². The second-order valence-corrected chi connectivity index (χ2v) is 4.35. The van der Waals surface area contributed by atoms with Crippen LogP contribution in [0.15, 0.2) is 36.4 Å². The summed E-state index contributed by atoms with van der Waals surface area (Å²) in [5, 5.41) is 2.65. The maximum Gasteiger partial charge on any atom is 0.387 e. The van der Waals surface area contributed by atoms with E-state index in [9.17, 15) is 13.6 Å². The Morgan fingerprint density at radius 3 is 2.79 bits per heavy atom. The van der Waals surface area contributed by atoms with Gasteiger partial charge in [-0.05, 0) is 31.4 Å². The number of carbonyl (C=O) groups excluding carboxylic acids is 1. The number of para-hydroxylation sites is 2. The summed E-state index contributed by atoms with van der Waals surface area (Å²) < 4.78 is 28.9. The van der Waals surface area contributed by atoms with Crippen LogP contribution in [0.4, 0.5) is 14.5 Å². The molecule has 0 aromatic heterocycles. The standard InChI is InChI=1S/C14H15F2NO2/c15-14(16)19-12-9-5-4-8-11(12)17-13(18)10-6-2-1-3-7-10/h1-2,4-5,8-10,14H,3,6-7H2,(H,17,18)/t10-/m0/s1. The average Bonchev–Trinajstić information content (AvgIpc) is 2.41. The van der Waals surface area contributed by atoms with Gasteiger partial charge in [0.05, 0.1) is 5.69 Å². The summed E-state index contributed by atoms with van der Waals surface area (Å²) >= 11 is 0. The van der Waals surface area contributed by atoms with E-state index in [1.165, 1.54) is 6.07 Å². The van der Waals surface area contributed by atoms with Crippen LogP contribution in [0.2, 0.25) is 0 Å². The minimum Gasteiger partial charge on any atom is -0.433 e. The topological polar surface area (TPSA) is 38.3 Å². The van der Waals surface area contributed by atoms with Crippen LogP contribution >= 0.6 is 0 Å². The number of hydrogen-bond donors (Lipinski definition) is 1. The first-order valence-corrected chi connectivity index (χ1v) is 6.16. The molecule has 0 bridgehead atoms. The van der Waals surface area contributed by atoms with Crippen molar-refractivity contribution >= 4 is 11.6 Å². The van der Waals surface area contributed by atoms with Gasteiger partial charge in [0.1, 0.15) is 5.75 Å². The molecule has 1 aromatic carbocycles. The molecule has 1 aliphatic rings. The molecular formula is C14H15F2NO2. The van der Waals surface area contributed by atoms with Crippen molar-refractivity contribution < 1.29 is 18.3 Å². The number of amides is 1. The number of nitrogens with one attached hydrogen (secondary N) is 1. The summed E-state index contributed by atoms with van der Waals surface area (Å²) in [5.74, 6) is -0.281. The summed E-state index contributed by atoms with van der Waals surface area (Å²) in [6.45, 7) is -2.91. The number of rotatable bonds is 4. The Morgan fingerprint density at radius 1 is 1.32 bits per heavy atom. The molecule has 0 heterocycles. The van der Waals surface area contributed by atoms with E-state index >= 15 is 0 Å². The molecule has 1 aromatic rings. The Balaban J connectivity index is 2.05. The highest BCUT2D eigenvalue weighted by Crippen LogP contribution is 2.27. The Hall–Kier alpha value is -1.91. The van der Waals surface area contributed by atoms with Gasteiger partial charge in [-0.3, -0.25) is 4.79 Å². The van der Waals surface area contributed by atoms with Crippen molar-refractivity contribution in [1.29, 1.82) is 0 Å². The molecule has 0 unspecified atom stereocenters. The first-order chi connectivity index (χ1) is 9.16. The molecule has 5 heteroatoms. The number of allylic oxidation sites excluding steroid dienone is 2. The number of carbonyl (C=O) groups is 1. The quantitative estimate of drug-likeness (QED) is 0.847. The second-order valence-electron chi connectivity index (χ2n) is 4.35. The molecule has 0 spiro atoms. The maximum atomic E-state index is 12.2. The van der Waals surface area contributed by atoms with E-state index in [2.05, 4.69) is 10.1 Å². The van der Waals surface area contributed by atoms with Crippen LogP contribution in [0.1, 0.15) is 19.3 Å². The number of halogens is 2. The summed E-state index contributed by atoms with van der Waals surface area (Å²) in [7, 11) is 0. The predicted octanol–water partition coefficient (Wildman–Crippen LogP) is 3.58. The minimum absolute atomic E-state index is 0.0165. The van der Waals surface area contributed by atoms with Crippen LogP contribution in [-0.2, 0) is 4.79 Å². The van der Waals surface area contributed by atoms with E-state index in [1.54, 1.807) is 18.2 Å². The second kappa shape index (κ2) is 6.31. The minimum atomic E-state index is -2.91. The third-order valence-electron chi connectivity index (χ3n) is 3.00. The van der Waals surface area contributed by atoms with Gasteiger partial charge in [0, 0.05) is 5.92 Å². The van der Waals surface area contributed by atoms with E-state index in [0.717, 1.165) is 12.8 Å². The van der Waals surface area contributed by atoms with E-state index in [0.29, 0.717) is 6.42 Å². The van der Waals surface area contributed by atoms with Gasteiger partial charge in [-0.15, -0.1) is 0 Å². The summed E-state index contributed by atoms with van der Waals surface area (Å²) in [6.07, 6.45) is 6.34. The third-order valence-corrected chi connectivity index (χ3v) is 3.00. The Kier molecular flexibility index (Phi) is 4.49. The van der Waals surface area contributed by atoms with Crippen molar-refractivity contribution in [3.05, 3.63) is 36.4 Å². The Labute approximate surface area is 110 Å². The van der Waals surface area contributed by atoms with Gasteiger partial charge >= 0.3 is 6.61 Å². The van der Waals surface area contributed by atoms with Crippen molar-refractivity contribution in [3.8, 4) is 5.75 Å². The van der Waals surface area contributed by atoms with Gasteiger partial charge < -0.3 is 10.1 Å². The summed E-state index contributed by atoms with van der Waals surface area (Å²) in [5.41, 5.74) is 0.280. The zero-order chi connectivity index (χ0) is 13.7. The van der Waals surface area contributed by atoms with Gasteiger partial charge in [0.2, 0.25) is 5.91 Å². The zero-order valence-electron chi connectivity index (χ0n) is 10.3. The maximum absolute atomic E-state index is 12.2. The van der Waals surface area contributed by atoms with E-state index in [1.807, 2.05) is 12.2 Å². The number of ether oxygens (including phenoxy) is 1. The van der Waals surface area contributed by atoms with Gasteiger partial charge in [-0.1, -0.05) is 24.3 Å². The lowest BCUT2D eigenvalue weighted by Gasteiger charge is -2.18. The van der Waals surface area contributed by atoms with Crippen LogP contribution in [0, 0.1) is 5.92 Å². The largest absolute Gasteiger partial charge is 0.433 e. The molecule has 0 saturated heterocycles. The lowest BCUT2D eigenvalue weighted by atomic mass is 9.93. The van der Waals surface area contributed by atoms with Crippen LogP contribution in [0.25, 0.3) is 0 Å². The van der Waals surface area contributed by atoms with Gasteiger partial charge in [0.15, 0.2) is 0 Å². The fraction of sp³-hybridized carbons (Fsp3) is 0.357. The number of alkyl halides is 2. The fourth-order valence-electron chi connectivity index (χ4n) is 2.04. The normalized spacial score (nSPS) is 18.4. The van der Waals surface area contributed by atoms with Gasteiger partial charge in [0.25, 0.3) is 0 Å². The molecule has 1 atom stereocenters. The molecule has 102 valence electrons. The third kappa shape index (κ3) is 3.77. The van der Waals surface area contributed by atoms with Crippen molar-refractivity contribution in [2.75, 3.05) is 5.32 Å². The molecular weight excluding hydrogens is 252 g/mol. The lowest BCUT2D eigenvalue weighted by molar-refractivity contribution is -0.120. The molecule has 0 aliphatic heterocycles. The van der Waals surface area contributed by atoms with E-state index in [-0.39, 0.29) is 23.3 Å². The van der Waals surface area contributed by atoms with Crippen molar-refractivity contribution in [2.24, 2.45) is 5.92 Å². The zero-order valence-corrected chi connectivity index (χ0v) is 10.3. The van der Waals surface area contributed by atoms with Crippen molar-refractivity contribution in [2.45, 2.75) is 25.9 Å². The van der Waals surface area contributed by atoms with Crippen LogP contribution in [0.5, 0.6) is 5.75 Å². The number of benzene rings is 1. The van der Waals surface area contributed by atoms with Crippen LogP contribution in [0.3, 0.4) is 0 Å². The SMILES string of the molecule is O=C(Nc1ccccc1OC(F)F)[C@H]1CC=CCC1. The molecule has 0 fully saturated rings. The molecule has 3 nitrogen and oxygen atoms in total. The average molecular weight is 267 g/mol. The highest BCUT2D eigenvalue weighted by Gasteiger charge is 2.20. The molecule has 1 N–H and O–H groups in total. The Bertz CT molecular complexity index is 474. The predicted molar refractivity (Wildman–Crippen MR) is 68.2 cm³/mol. The van der Waals surface area contributed by atoms with E-state index in [4.69, 9.17) is 0 Å². The Morgan fingerprint density at radius 2 is 2.11 bits per heavy atom. The number of hydrogen-bond acceptors (Lipinski definition) is 2. The first kappa shape index (κ1) is 13.5. The highest BCUT2D eigenvalue weighted by atomic mass is 19.3. The smallest absolute Gasteiger partial charge is 0.387 e. The number of anilines is 1. The van der Waals surface area contributed by atoms with E-state index < -0.39 is 6.61 Å². The van der Waals surface area contributed by atoms with Crippen LogP contribution < -0.4 is 10.1 Å². The summed E-state index contributed by atoms with van der Waals surface area (Å²) in [4.78, 5) is 12.0. The molecule has 0 radical (unpaired) electrons. The molecule has 2 rings (SSSR count). The molecule has 1 aliphatic carbocycles.